The van der Waals surface area contributed by atoms with Gasteiger partial charge in [0.2, 0.25) is 0 Å². The second-order valence-electron chi connectivity index (χ2n) is 6.81. The van der Waals surface area contributed by atoms with Crippen LogP contribution in [0.1, 0.15) is 52.8 Å². The summed E-state index contributed by atoms with van der Waals surface area (Å²) in [5.74, 6) is 0. The van der Waals surface area contributed by atoms with Crippen molar-refractivity contribution in [2.75, 3.05) is 0 Å². The molecule has 2 heterocycles. The molecular weight excluding hydrogens is 224 g/mol. The number of rotatable bonds is 1. The van der Waals surface area contributed by atoms with Crippen molar-refractivity contribution in [3.8, 4) is 11.4 Å². The molecule has 2 aromatic heterocycles. The van der Waals surface area contributed by atoms with Gasteiger partial charge in [0.25, 0.3) is 0 Å². The molecular formula is C14H22N4. The maximum Gasteiger partial charge on any atom is 0.114 e. The number of hydrogen-bond acceptors (Lipinski definition) is 2. The third-order valence-electron chi connectivity index (χ3n) is 3.05. The van der Waals surface area contributed by atoms with Gasteiger partial charge in [-0.3, -0.25) is 10.2 Å². The maximum absolute atomic E-state index is 4.39. The van der Waals surface area contributed by atoms with Crippen LogP contribution < -0.4 is 0 Å². The van der Waals surface area contributed by atoms with Gasteiger partial charge in [-0.1, -0.05) is 41.5 Å². The van der Waals surface area contributed by atoms with Crippen LogP contribution in [0.15, 0.2) is 12.3 Å². The first kappa shape index (κ1) is 12.9. The summed E-state index contributed by atoms with van der Waals surface area (Å²) in [4.78, 5) is 0. The van der Waals surface area contributed by atoms with E-state index in [0.717, 1.165) is 17.1 Å². The van der Waals surface area contributed by atoms with E-state index in [4.69, 9.17) is 0 Å². The lowest BCUT2D eigenvalue weighted by Gasteiger charge is -2.17. The molecule has 0 unspecified atom stereocenters. The molecule has 4 heteroatoms. The van der Waals surface area contributed by atoms with E-state index < -0.39 is 0 Å². The second-order valence-corrected chi connectivity index (χ2v) is 6.81. The van der Waals surface area contributed by atoms with Crippen LogP contribution in [0, 0.1) is 0 Å². The Morgan fingerprint density at radius 2 is 1.61 bits per heavy atom. The molecule has 0 atom stereocenters. The Hall–Kier alpha value is -1.58. The third-order valence-corrected chi connectivity index (χ3v) is 3.05. The zero-order valence-corrected chi connectivity index (χ0v) is 12.0. The standard InChI is InChI=1S/C14H22N4/c1-13(2,3)9-8-15-18-12(9)10-7-11(17-16-10)14(4,5)6/h7-8H,1-6H3,(H,15,18)(H,16,17). The molecule has 2 rings (SSSR count). The summed E-state index contributed by atoms with van der Waals surface area (Å²) in [6.07, 6.45) is 1.97. The number of H-pyrrole nitrogens is 2. The molecule has 0 aliphatic rings. The lowest BCUT2D eigenvalue weighted by atomic mass is 9.86. The van der Waals surface area contributed by atoms with Crippen molar-refractivity contribution in [1.82, 2.24) is 20.4 Å². The number of aromatic amines is 2. The normalized spacial score (nSPS) is 13.0. The molecule has 0 fully saturated rings. The minimum absolute atomic E-state index is 0.0486. The predicted octanol–water partition coefficient (Wildman–Crippen LogP) is 3.39. The topological polar surface area (TPSA) is 57.4 Å². The van der Waals surface area contributed by atoms with Crippen LogP contribution in [0.25, 0.3) is 11.4 Å². The van der Waals surface area contributed by atoms with Crippen molar-refractivity contribution in [3.05, 3.63) is 23.5 Å². The Labute approximate surface area is 108 Å². The number of nitrogens with zero attached hydrogens (tertiary/aromatic N) is 2. The van der Waals surface area contributed by atoms with Crippen LogP contribution in [-0.2, 0) is 10.8 Å². The fraction of sp³-hybridized carbons (Fsp3) is 0.571. The second kappa shape index (κ2) is 3.97. The van der Waals surface area contributed by atoms with Crippen molar-refractivity contribution in [2.45, 2.75) is 52.4 Å². The first-order chi connectivity index (χ1) is 8.19. The van der Waals surface area contributed by atoms with Gasteiger partial charge in [-0.25, -0.2) is 0 Å². The van der Waals surface area contributed by atoms with E-state index in [1.54, 1.807) is 0 Å². The van der Waals surface area contributed by atoms with Gasteiger partial charge in [0, 0.05) is 17.2 Å². The zero-order valence-electron chi connectivity index (χ0n) is 12.0. The van der Waals surface area contributed by atoms with Gasteiger partial charge in [0.1, 0.15) is 5.69 Å². The SMILES string of the molecule is CC(C)(C)c1cc(-c2n[nH]cc2C(C)(C)C)[nH]n1. The lowest BCUT2D eigenvalue weighted by Crippen LogP contribution is -2.11. The summed E-state index contributed by atoms with van der Waals surface area (Å²) in [5, 5.41) is 14.8. The Bertz CT molecular complexity index is 535. The van der Waals surface area contributed by atoms with Crippen LogP contribution >= 0.6 is 0 Å². The number of hydrogen-bond donors (Lipinski definition) is 2. The van der Waals surface area contributed by atoms with E-state index in [9.17, 15) is 0 Å². The molecule has 0 radical (unpaired) electrons. The molecule has 0 saturated carbocycles. The third kappa shape index (κ3) is 2.33. The number of aromatic nitrogens is 4. The van der Waals surface area contributed by atoms with Gasteiger partial charge in [-0.15, -0.1) is 0 Å². The van der Waals surface area contributed by atoms with E-state index >= 15 is 0 Å². The highest BCUT2D eigenvalue weighted by Crippen LogP contribution is 2.31. The van der Waals surface area contributed by atoms with E-state index in [0.29, 0.717) is 0 Å². The van der Waals surface area contributed by atoms with Crippen LogP contribution in [-0.4, -0.2) is 20.4 Å². The van der Waals surface area contributed by atoms with Crippen molar-refractivity contribution < 1.29 is 0 Å². The smallest absolute Gasteiger partial charge is 0.114 e. The van der Waals surface area contributed by atoms with E-state index in [1.165, 1.54) is 5.56 Å². The van der Waals surface area contributed by atoms with Crippen molar-refractivity contribution >= 4 is 0 Å². The summed E-state index contributed by atoms with van der Waals surface area (Å²) in [6.45, 7) is 13.0. The van der Waals surface area contributed by atoms with E-state index in [1.807, 2.05) is 6.20 Å². The van der Waals surface area contributed by atoms with Gasteiger partial charge in [0.05, 0.1) is 11.4 Å². The Balaban J connectivity index is 2.45. The van der Waals surface area contributed by atoms with E-state index in [-0.39, 0.29) is 10.8 Å². The summed E-state index contributed by atoms with van der Waals surface area (Å²) >= 11 is 0. The average Bonchev–Trinajstić information content (AvgIpc) is 2.84. The van der Waals surface area contributed by atoms with Gasteiger partial charge in [-0.05, 0) is 11.5 Å². The predicted molar refractivity (Wildman–Crippen MR) is 73.6 cm³/mol. The summed E-state index contributed by atoms with van der Waals surface area (Å²) in [6, 6.07) is 2.09. The summed E-state index contributed by atoms with van der Waals surface area (Å²) in [7, 11) is 0. The molecule has 2 aromatic rings. The molecule has 2 N–H and O–H groups in total. The Morgan fingerprint density at radius 3 is 2.11 bits per heavy atom. The van der Waals surface area contributed by atoms with Crippen molar-refractivity contribution in [1.29, 1.82) is 0 Å². The number of nitrogens with one attached hydrogen (secondary N) is 2. The first-order valence-electron chi connectivity index (χ1n) is 6.30. The van der Waals surface area contributed by atoms with Crippen LogP contribution in [0.2, 0.25) is 0 Å². The van der Waals surface area contributed by atoms with Crippen LogP contribution in [0.5, 0.6) is 0 Å². The minimum Gasteiger partial charge on any atom is -0.285 e. The molecule has 0 amide bonds. The van der Waals surface area contributed by atoms with Gasteiger partial charge in [-0.2, -0.15) is 10.2 Å². The Morgan fingerprint density at radius 1 is 0.944 bits per heavy atom. The highest BCUT2D eigenvalue weighted by Gasteiger charge is 2.24. The monoisotopic (exact) mass is 246 g/mol. The largest absolute Gasteiger partial charge is 0.285 e. The molecule has 0 spiro atoms. The molecule has 18 heavy (non-hydrogen) atoms. The molecule has 0 bridgehead atoms. The maximum atomic E-state index is 4.39. The first-order valence-corrected chi connectivity index (χ1v) is 6.30. The molecule has 98 valence electrons. The fourth-order valence-electron chi connectivity index (χ4n) is 1.89. The Kier molecular flexibility index (Phi) is 2.84. The molecule has 0 saturated heterocycles. The minimum atomic E-state index is 0.0486. The quantitative estimate of drug-likeness (QED) is 0.810. The highest BCUT2D eigenvalue weighted by atomic mass is 15.2. The summed E-state index contributed by atoms with van der Waals surface area (Å²) < 4.78 is 0. The average molecular weight is 246 g/mol. The molecule has 4 nitrogen and oxygen atoms in total. The van der Waals surface area contributed by atoms with Gasteiger partial charge >= 0.3 is 0 Å². The zero-order chi connectivity index (χ0) is 13.6. The molecule has 0 aliphatic carbocycles. The van der Waals surface area contributed by atoms with Crippen molar-refractivity contribution in [3.63, 3.8) is 0 Å². The van der Waals surface area contributed by atoms with Crippen LogP contribution in [0.4, 0.5) is 0 Å². The fourth-order valence-corrected chi connectivity index (χ4v) is 1.89. The highest BCUT2D eigenvalue weighted by molar-refractivity contribution is 5.60. The van der Waals surface area contributed by atoms with Gasteiger partial charge < -0.3 is 0 Å². The lowest BCUT2D eigenvalue weighted by molar-refractivity contribution is 0.567. The molecule has 0 aliphatic heterocycles. The molecule has 0 aromatic carbocycles. The summed E-state index contributed by atoms with van der Waals surface area (Å²) in [5.41, 5.74) is 4.31. The van der Waals surface area contributed by atoms with Crippen LogP contribution in [0.3, 0.4) is 0 Å². The van der Waals surface area contributed by atoms with Gasteiger partial charge in [0.15, 0.2) is 0 Å². The van der Waals surface area contributed by atoms with Crippen molar-refractivity contribution in [2.24, 2.45) is 0 Å². The van der Waals surface area contributed by atoms with E-state index in [2.05, 4.69) is 68.0 Å².